The molecule has 0 aromatic carbocycles. The highest BCUT2D eigenvalue weighted by molar-refractivity contribution is 7.09. The number of aryl methyl sites for hydroxylation is 1. The van der Waals surface area contributed by atoms with Gasteiger partial charge in [0.2, 0.25) is 5.88 Å². The molecule has 3 heterocycles. The number of carbonyl (C=O) groups is 1. The van der Waals surface area contributed by atoms with Crippen LogP contribution in [0.3, 0.4) is 0 Å². The number of amides is 1. The summed E-state index contributed by atoms with van der Waals surface area (Å²) in [4.78, 5) is 20.4. The molecule has 1 aliphatic rings. The van der Waals surface area contributed by atoms with Crippen LogP contribution in [0.4, 0.5) is 0 Å². The summed E-state index contributed by atoms with van der Waals surface area (Å²) >= 11 is 1.65. The van der Waals surface area contributed by atoms with E-state index in [1.54, 1.807) is 17.4 Å². The van der Waals surface area contributed by atoms with E-state index in [0.29, 0.717) is 31.1 Å². The third-order valence-electron chi connectivity index (χ3n) is 3.85. The number of carbonyl (C=O) groups excluding carboxylic acids is 1. The largest absolute Gasteiger partial charge is 0.469 e. The summed E-state index contributed by atoms with van der Waals surface area (Å²) in [5.41, 5.74) is 1.08. The van der Waals surface area contributed by atoms with Gasteiger partial charge < -0.3 is 14.4 Å². The normalized spacial score (nSPS) is 17.8. The molecule has 2 aromatic heterocycles. The van der Waals surface area contributed by atoms with Gasteiger partial charge in [0.1, 0.15) is 11.7 Å². The molecule has 25 heavy (non-hydrogen) atoms. The highest BCUT2D eigenvalue weighted by atomic mass is 32.1. The predicted molar refractivity (Wildman–Crippen MR) is 98.2 cm³/mol. The van der Waals surface area contributed by atoms with Crippen molar-refractivity contribution in [2.24, 2.45) is 0 Å². The minimum absolute atomic E-state index is 0.0471. The minimum Gasteiger partial charge on any atom is -0.469 e. The van der Waals surface area contributed by atoms with Crippen molar-refractivity contribution in [2.75, 3.05) is 13.2 Å². The lowest BCUT2D eigenvalue weighted by atomic mass is 10.2. The first-order valence-electron chi connectivity index (χ1n) is 8.42. The second-order valence-corrected chi connectivity index (χ2v) is 8.27. The molecule has 0 fully saturated rings. The molecule has 0 aliphatic carbocycles. The maximum absolute atomic E-state index is 13.0. The van der Waals surface area contributed by atoms with E-state index < -0.39 is 0 Å². The Labute approximate surface area is 152 Å². The van der Waals surface area contributed by atoms with Crippen LogP contribution in [0.15, 0.2) is 29.6 Å². The Morgan fingerprint density at radius 3 is 2.84 bits per heavy atom. The van der Waals surface area contributed by atoms with Crippen molar-refractivity contribution in [3.63, 3.8) is 0 Å². The van der Waals surface area contributed by atoms with Gasteiger partial charge in [-0.3, -0.25) is 4.79 Å². The Morgan fingerprint density at radius 1 is 1.36 bits per heavy atom. The molecule has 0 N–H and O–H groups in total. The highest BCUT2D eigenvalue weighted by Gasteiger charge is 2.31. The van der Waals surface area contributed by atoms with Gasteiger partial charge in [-0.05, 0) is 51.3 Å². The molecule has 1 unspecified atom stereocenters. The van der Waals surface area contributed by atoms with Crippen molar-refractivity contribution in [1.82, 2.24) is 9.88 Å². The first-order valence-corrected chi connectivity index (χ1v) is 9.30. The molecule has 0 saturated heterocycles. The molecule has 1 amide bonds. The summed E-state index contributed by atoms with van der Waals surface area (Å²) < 4.78 is 12.0. The average molecular weight is 360 g/mol. The maximum atomic E-state index is 13.0. The fourth-order valence-corrected chi connectivity index (χ4v) is 3.36. The van der Waals surface area contributed by atoms with Gasteiger partial charge in [0, 0.05) is 10.6 Å². The number of rotatable bonds is 4. The Balaban J connectivity index is 1.87. The lowest BCUT2D eigenvalue weighted by Gasteiger charge is -2.27. The van der Waals surface area contributed by atoms with Gasteiger partial charge in [-0.2, -0.15) is 0 Å². The van der Waals surface area contributed by atoms with Crippen molar-refractivity contribution in [3.05, 3.63) is 45.8 Å². The van der Waals surface area contributed by atoms with Crippen molar-refractivity contribution in [1.29, 1.82) is 0 Å². The quantitative estimate of drug-likeness (QED) is 0.835. The molecular formula is C19H24N2O3S. The van der Waals surface area contributed by atoms with Crippen molar-refractivity contribution in [2.45, 2.75) is 45.9 Å². The van der Waals surface area contributed by atoms with E-state index in [1.807, 2.05) is 56.2 Å². The first-order chi connectivity index (χ1) is 11.8. The number of hydrogen-bond acceptors (Lipinski definition) is 5. The Morgan fingerprint density at radius 2 is 2.16 bits per heavy atom. The van der Waals surface area contributed by atoms with E-state index in [0.717, 1.165) is 10.6 Å². The summed E-state index contributed by atoms with van der Waals surface area (Å²) in [5, 5.41) is 2.02. The van der Waals surface area contributed by atoms with Gasteiger partial charge in [0.25, 0.3) is 5.91 Å². The Bertz CT molecular complexity index is 738. The van der Waals surface area contributed by atoms with Gasteiger partial charge >= 0.3 is 0 Å². The lowest BCUT2D eigenvalue weighted by Crippen LogP contribution is -2.40. The third kappa shape index (κ3) is 4.58. The number of pyridine rings is 1. The number of aromatic nitrogens is 1. The van der Waals surface area contributed by atoms with Crippen LogP contribution < -0.4 is 4.74 Å². The smallest absolute Gasteiger partial charge is 0.259 e. The molecule has 3 rings (SSSR count). The Hall–Kier alpha value is -1.92. The topological polar surface area (TPSA) is 51.7 Å². The molecule has 134 valence electrons. The Kier molecular flexibility index (Phi) is 5.11. The minimum atomic E-state index is -0.263. The van der Waals surface area contributed by atoms with Gasteiger partial charge in [0.05, 0.1) is 25.3 Å². The van der Waals surface area contributed by atoms with Crippen LogP contribution in [-0.4, -0.2) is 40.6 Å². The molecule has 0 radical (unpaired) electrons. The van der Waals surface area contributed by atoms with Crippen LogP contribution in [0.2, 0.25) is 0 Å². The van der Waals surface area contributed by atoms with Gasteiger partial charge in [-0.15, -0.1) is 11.3 Å². The van der Waals surface area contributed by atoms with Crippen molar-refractivity contribution >= 4 is 17.2 Å². The SMILES string of the molecule is Cc1ccc2c(n1)OC(COC(C)(C)C)CN(Cc1cccs1)C2=O. The number of ether oxygens (including phenoxy) is 2. The van der Waals surface area contributed by atoms with E-state index in [-0.39, 0.29) is 17.6 Å². The van der Waals surface area contributed by atoms with Crippen molar-refractivity contribution < 1.29 is 14.3 Å². The van der Waals surface area contributed by atoms with E-state index in [1.165, 1.54) is 0 Å². The summed E-state index contributed by atoms with van der Waals surface area (Å²) in [5.74, 6) is 0.357. The zero-order chi connectivity index (χ0) is 18.0. The van der Waals surface area contributed by atoms with Gasteiger partial charge in [-0.1, -0.05) is 6.07 Å². The summed E-state index contributed by atoms with van der Waals surface area (Å²) in [7, 11) is 0. The zero-order valence-corrected chi connectivity index (χ0v) is 15.9. The van der Waals surface area contributed by atoms with Gasteiger partial charge in [0.15, 0.2) is 0 Å². The standard InChI is InChI=1S/C19H24N2O3S/c1-13-7-8-16-17(20-13)24-14(12-23-19(2,3)4)10-21(18(16)22)11-15-6-5-9-25-15/h5-9,14H,10-12H2,1-4H3. The number of hydrogen-bond donors (Lipinski definition) is 0. The number of nitrogens with zero attached hydrogens (tertiary/aromatic N) is 2. The van der Waals surface area contributed by atoms with Crippen LogP contribution in [0.1, 0.15) is 41.7 Å². The molecule has 0 saturated carbocycles. The molecular weight excluding hydrogens is 336 g/mol. The second-order valence-electron chi connectivity index (χ2n) is 7.23. The van der Waals surface area contributed by atoms with Crippen LogP contribution in [0, 0.1) is 6.92 Å². The van der Waals surface area contributed by atoms with Crippen LogP contribution in [0.5, 0.6) is 5.88 Å². The molecule has 0 bridgehead atoms. The molecule has 2 aromatic rings. The predicted octanol–water partition coefficient (Wildman–Crippen LogP) is 3.67. The van der Waals surface area contributed by atoms with Crippen LogP contribution in [-0.2, 0) is 11.3 Å². The molecule has 6 heteroatoms. The van der Waals surface area contributed by atoms with Crippen LogP contribution in [0.25, 0.3) is 0 Å². The fraction of sp³-hybridized carbons (Fsp3) is 0.474. The summed E-state index contributed by atoms with van der Waals surface area (Å²) in [6.07, 6.45) is -0.251. The summed E-state index contributed by atoms with van der Waals surface area (Å²) in [6, 6.07) is 7.68. The monoisotopic (exact) mass is 360 g/mol. The fourth-order valence-electron chi connectivity index (χ4n) is 2.64. The lowest BCUT2D eigenvalue weighted by molar-refractivity contribution is -0.0465. The third-order valence-corrected chi connectivity index (χ3v) is 4.71. The summed E-state index contributed by atoms with van der Waals surface area (Å²) in [6.45, 7) is 9.37. The molecule has 5 nitrogen and oxygen atoms in total. The zero-order valence-electron chi connectivity index (χ0n) is 15.1. The maximum Gasteiger partial charge on any atom is 0.259 e. The molecule has 0 spiro atoms. The molecule has 1 aliphatic heterocycles. The van der Waals surface area contributed by atoms with E-state index in [9.17, 15) is 4.79 Å². The number of fused-ring (bicyclic) bond motifs is 1. The van der Waals surface area contributed by atoms with E-state index >= 15 is 0 Å². The molecule has 1 atom stereocenters. The highest BCUT2D eigenvalue weighted by Crippen LogP contribution is 2.26. The van der Waals surface area contributed by atoms with Crippen LogP contribution >= 0.6 is 11.3 Å². The number of thiophene rings is 1. The van der Waals surface area contributed by atoms with E-state index in [2.05, 4.69) is 4.98 Å². The van der Waals surface area contributed by atoms with E-state index in [4.69, 9.17) is 9.47 Å². The van der Waals surface area contributed by atoms with Gasteiger partial charge in [-0.25, -0.2) is 4.98 Å². The second kappa shape index (κ2) is 7.14. The van der Waals surface area contributed by atoms with Crippen molar-refractivity contribution in [3.8, 4) is 5.88 Å². The average Bonchev–Trinajstić information content (AvgIpc) is 2.99. The first kappa shape index (κ1) is 17.9.